The van der Waals surface area contributed by atoms with E-state index in [9.17, 15) is 15.0 Å². The Morgan fingerprint density at radius 2 is 1.35 bits per heavy atom. The van der Waals surface area contributed by atoms with Crippen LogP contribution in [-0.4, -0.2) is 16.1 Å². The van der Waals surface area contributed by atoms with Gasteiger partial charge in [-0.2, -0.15) is 0 Å². The molecule has 0 aromatic heterocycles. The van der Waals surface area contributed by atoms with Gasteiger partial charge in [0.15, 0.2) is 0 Å². The van der Waals surface area contributed by atoms with Crippen LogP contribution in [0.15, 0.2) is 78.9 Å². The van der Waals surface area contributed by atoms with Gasteiger partial charge < -0.3 is 10.2 Å². The Hall–Kier alpha value is -3.27. The molecule has 0 saturated heterocycles. The Morgan fingerprint density at radius 3 is 2.00 bits per heavy atom. The predicted octanol–water partition coefficient (Wildman–Crippen LogP) is 4.08. The first kappa shape index (κ1) is 14.7. The molecule has 3 rings (SSSR count). The molecule has 0 radical (unpaired) electrons. The molecule has 1 amide bonds. The summed E-state index contributed by atoms with van der Waals surface area (Å²) in [5.41, 5.74) is 1.70. The lowest BCUT2D eigenvalue weighted by Gasteiger charge is -2.23. The van der Waals surface area contributed by atoms with E-state index < -0.39 is 0 Å². The average molecular weight is 305 g/mol. The number of aromatic hydroxyl groups is 2. The number of hydrogen-bond donors (Lipinski definition) is 2. The fourth-order valence-corrected chi connectivity index (χ4v) is 2.33. The van der Waals surface area contributed by atoms with Crippen LogP contribution in [0.1, 0.15) is 10.4 Å². The summed E-state index contributed by atoms with van der Waals surface area (Å²) in [5, 5.41) is 19.1. The topological polar surface area (TPSA) is 60.8 Å². The molecule has 114 valence electrons. The minimum atomic E-state index is -0.266. The molecule has 0 heterocycles. The van der Waals surface area contributed by atoms with Gasteiger partial charge in [-0.25, -0.2) is 0 Å². The minimum absolute atomic E-state index is 0.0366. The van der Waals surface area contributed by atoms with E-state index in [1.807, 2.05) is 30.3 Å². The van der Waals surface area contributed by atoms with Crippen molar-refractivity contribution in [1.29, 1.82) is 0 Å². The molecule has 0 atom stereocenters. The zero-order chi connectivity index (χ0) is 16.2. The highest BCUT2D eigenvalue weighted by molar-refractivity contribution is 6.11. The van der Waals surface area contributed by atoms with E-state index in [0.29, 0.717) is 16.9 Å². The third-order valence-electron chi connectivity index (χ3n) is 3.42. The summed E-state index contributed by atoms with van der Waals surface area (Å²) in [5.74, 6) is -0.0982. The Balaban J connectivity index is 2.08. The van der Waals surface area contributed by atoms with Crippen molar-refractivity contribution < 1.29 is 15.0 Å². The summed E-state index contributed by atoms with van der Waals surface area (Å²) >= 11 is 0. The van der Waals surface area contributed by atoms with Crippen molar-refractivity contribution in [2.75, 3.05) is 4.90 Å². The number of phenolic OH excluding ortho intramolecular Hbond substituents is 2. The molecule has 4 nitrogen and oxygen atoms in total. The van der Waals surface area contributed by atoms with Gasteiger partial charge >= 0.3 is 0 Å². The maximum atomic E-state index is 12.9. The first-order chi connectivity index (χ1) is 11.1. The van der Waals surface area contributed by atoms with Gasteiger partial charge in [0.25, 0.3) is 5.91 Å². The van der Waals surface area contributed by atoms with Crippen LogP contribution in [0.3, 0.4) is 0 Å². The number of carbonyl (C=O) groups excluding carboxylic acids is 1. The number of carbonyl (C=O) groups is 1. The van der Waals surface area contributed by atoms with Crippen molar-refractivity contribution in [2.45, 2.75) is 0 Å². The molecule has 0 fully saturated rings. The Labute approximate surface area is 133 Å². The van der Waals surface area contributed by atoms with Crippen LogP contribution in [0.25, 0.3) is 0 Å². The van der Waals surface area contributed by atoms with Crippen molar-refractivity contribution in [3.05, 3.63) is 84.4 Å². The number of rotatable bonds is 3. The van der Waals surface area contributed by atoms with Crippen LogP contribution < -0.4 is 4.90 Å². The van der Waals surface area contributed by atoms with Crippen LogP contribution in [0.4, 0.5) is 11.4 Å². The Bertz CT molecular complexity index is 814. The van der Waals surface area contributed by atoms with E-state index in [4.69, 9.17) is 0 Å². The molecule has 0 bridgehead atoms. The molecule has 0 saturated carbocycles. The summed E-state index contributed by atoms with van der Waals surface area (Å²) in [4.78, 5) is 14.5. The molecule has 0 unspecified atom stereocenters. The van der Waals surface area contributed by atoms with Gasteiger partial charge in [-0.05, 0) is 54.6 Å². The standard InChI is InChI=1S/C19H15NO3/c21-17-11-9-16(10-12-17)20(15-6-2-1-3-7-15)19(23)14-5-4-8-18(22)13-14/h1-13,21-22H. The molecule has 3 aromatic rings. The normalized spacial score (nSPS) is 10.3. The Kier molecular flexibility index (Phi) is 3.97. The second-order valence-electron chi connectivity index (χ2n) is 5.04. The van der Waals surface area contributed by atoms with Crippen molar-refractivity contribution in [2.24, 2.45) is 0 Å². The van der Waals surface area contributed by atoms with E-state index in [2.05, 4.69) is 0 Å². The van der Waals surface area contributed by atoms with Crippen LogP contribution >= 0.6 is 0 Å². The van der Waals surface area contributed by atoms with Gasteiger partial charge in [0.1, 0.15) is 11.5 Å². The highest BCUT2D eigenvalue weighted by Gasteiger charge is 2.20. The lowest BCUT2D eigenvalue weighted by Crippen LogP contribution is -2.25. The van der Waals surface area contributed by atoms with Crippen molar-refractivity contribution in [3.63, 3.8) is 0 Å². The maximum Gasteiger partial charge on any atom is 0.262 e. The molecular weight excluding hydrogens is 290 g/mol. The number of anilines is 2. The molecule has 23 heavy (non-hydrogen) atoms. The third-order valence-corrected chi connectivity index (χ3v) is 3.42. The van der Waals surface area contributed by atoms with E-state index >= 15 is 0 Å². The smallest absolute Gasteiger partial charge is 0.262 e. The monoisotopic (exact) mass is 305 g/mol. The lowest BCUT2D eigenvalue weighted by molar-refractivity contribution is 0.0999. The number of phenols is 2. The van der Waals surface area contributed by atoms with Gasteiger partial charge in [0.2, 0.25) is 0 Å². The van der Waals surface area contributed by atoms with Gasteiger partial charge in [-0.3, -0.25) is 9.69 Å². The van der Waals surface area contributed by atoms with Crippen LogP contribution in [-0.2, 0) is 0 Å². The maximum absolute atomic E-state index is 12.9. The molecule has 4 heteroatoms. The number of para-hydroxylation sites is 1. The molecule has 0 spiro atoms. The first-order valence-electron chi connectivity index (χ1n) is 7.13. The first-order valence-corrected chi connectivity index (χ1v) is 7.13. The fourth-order valence-electron chi connectivity index (χ4n) is 2.33. The summed E-state index contributed by atoms with van der Waals surface area (Å²) in [6.45, 7) is 0. The molecule has 0 aliphatic carbocycles. The summed E-state index contributed by atoms with van der Waals surface area (Å²) in [7, 11) is 0. The zero-order valence-corrected chi connectivity index (χ0v) is 12.3. The van der Waals surface area contributed by atoms with Gasteiger partial charge in [0, 0.05) is 16.9 Å². The number of hydrogen-bond acceptors (Lipinski definition) is 3. The van der Waals surface area contributed by atoms with E-state index in [1.165, 1.54) is 29.2 Å². The van der Waals surface area contributed by atoms with E-state index in [-0.39, 0.29) is 17.4 Å². The highest BCUT2D eigenvalue weighted by Crippen LogP contribution is 2.29. The second kappa shape index (κ2) is 6.23. The predicted molar refractivity (Wildman–Crippen MR) is 89.1 cm³/mol. The zero-order valence-electron chi connectivity index (χ0n) is 12.3. The van der Waals surface area contributed by atoms with Crippen molar-refractivity contribution >= 4 is 17.3 Å². The molecule has 0 aliphatic rings. The fraction of sp³-hybridized carbons (Fsp3) is 0. The van der Waals surface area contributed by atoms with Crippen LogP contribution in [0.2, 0.25) is 0 Å². The highest BCUT2D eigenvalue weighted by atomic mass is 16.3. The second-order valence-corrected chi connectivity index (χ2v) is 5.04. The van der Waals surface area contributed by atoms with E-state index in [1.54, 1.807) is 24.3 Å². The molecule has 0 aliphatic heterocycles. The number of nitrogens with zero attached hydrogens (tertiary/aromatic N) is 1. The lowest BCUT2D eigenvalue weighted by atomic mass is 10.1. The van der Waals surface area contributed by atoms with Crippen LogP contribution in [0.5, 0.6) is 11.5 Å². The molecule has 2 N–H and O–H groups in total. The largest absolute Gasteiger partial charge is 0.508 e. The van der Waals surface area contributed by atoms with Gasteiger partial charge in [0.05, 0.1) is 0 Å². The number of amides is 1. The van der Waals surface area contributed by atoms with E-state index in [0.717, 1.165) is 0 Å². The van der Waals surface area contributed by atoms with Gasteiger partial charge in [-0.1, -0.05) is 24.3 Å². The molecule has 3 aromatic carbocycles. The Morgan fingerprint density at radius 1 is 0.696 bits per heavy atom. The minimum Gasteiger partial charge on any atom is -0.508 e. The quantitative estimate of drug-likeness (QED) is 0.766. The summed E-state index contributed by atoms with van der Waals surface area (Å²) in [6, 6.07) is 21.8. The number of benzene rings is 3. The molecular formula is C19H15NO3. The average Bonchev–Trinajstić information content (AvgIpc) is 2.58. The third kappa shape index (κ3) is 3.16. The van der Waals surface area contributed by atoms with Gasteiger partial charge in [-0.15, -0.1) is 0 Å². The summed E-state index contributed by atoms with van der Waals surface area (Å²) in [6.07, 6.45) is 0. The summed E-state index contributed by atoms with van der Waals surface area (Å²) < 4.78 is 0. The van der Waals surface area contributed by atoms with Crippen molar-refractivity contribution in [1.82, 2.24) is 0 Å². The van der Waals surface area contributed by atoms with Crippen molar-refractivity contribution in [3.8, 4) is 11.5 Å². The van der Waals surface area contributed by atoms with Crippen LogP contribution in [0, 0.1) is 0 Å². The SMILES string of the molecule is O=C(c1cccc(O)c1)N(c1ccccc1)c1ccc(O)cc1.